The van der Waals surface area contributed by atoms with E-state index in [9.17, 15) is 9.59 Å². The van der Waals surface area contributed by atoms with E-state index in [4.69, 9.17) is 13.0 Å². The third-order valence-electron chi connectivity index (χ3n) is 1.93. The SMILES string of the molecule is [B]C(=O)NCC(=O)N1CC[C@@H](O)C1. The van der Waals surface area contributed by atoms with Gasteiger partial charge in [-0.3, -0.25) is 9.59 Å². The van der Waals surface area contributed by atoms with Gasteiger partial charge in [0.2, 0.25) is 13.8 Å². The fourth-order valence-corrected chi connectivity index (χ4v) is 1.24. The zero-order chi connectivity index (χ0) is 9.84. The van der Waals surface area contributed by atoms with Crippen LogP contribution in [0.2, 0.25) is 0 Å². The number of aliphatic hydroxyl groups is 1. The van der Waals surface area contributed by atoms with Gasteiger partial charge in [-0.15, -0.1) is 0 Å². The minimum atomic E-state index is -0.715. The number of hydrogen-bond donors (Lipinski definition) is 2. The summed E-state index contributed by atoms with van der Waals surface area (Å²) in [5.41, 5.74) is 0. The van der Waals surface area contributed by atoms with Crippen molar-refractivity contribution in [3.05, 3.63) is 0 Å². The van der Waals surface area contributed by atoms with Crippen molar-refractivity contribution in [2.75, 3.05) is 19.6 Å². The van der Waals surface area contributed by atoms with Crippen molar-refractivity contribution in [2.45, 2.75) is 12.5 Å². The zero-order valence-electron chi connectivity index (χ0n) is 7.19. The van der Waals surface area contributed by atoms with E-state index in [1.54, 1.807) is 0 Å². The van der Waals surface area contributed by atoms with E-state index >= 15 is 0 Å². The Hall–Kier alpha value is -1.04. The van der Waals surface area contributed by atoms with Gasteiger partial charge >= 0.3 is 0 Å². The average Bonchev–Trinajstić information content (AvgIpc) is 2.47. The molecule has 13 heavy (non-hydrogen) atoms. The first-order valence-corrected chi connectivity index (χ1v) is 4.08. The molecular formula is C7H11BN2O3. The summed E-state index contributed by atoms with van der Waals surface area (Å²) in [5.74, 6) is -0.927. The fraction of sp³-hybridized carbons (Fsp3) is 0.714. The summed E-state index contributed by atoms with van der Waals surface area (Å²) in [6, 6.07) is 0. The van der Waals surface area contributed by atoms with Gasteiger partial charge in [0.15, 0.2) is 5.81 Å². The molecule has 0 aromatic heterocycles. The van der Waals surface area contributed by atoms with Crippen molar-refractivity contribution >= 4 is 19.6 Å². The average molecular weight is 182 g/mol. The predicted molar refractivity (Wildman–Crippen MR) is 46.4 cm³/mol. The van der Waals surface area contributed by atoms with Gasteiger partial charge in [-0.2, -0.15) is 0 Å². The summed E-state index contributed by atoms with van der Waals surface area (Å²) in [5, 5.41) is 11.3. The maximum atomic E-state index is 11.2. The molecule has 1 atom stereocenters. The Kier molecular flexibility index (Phi) is 3.30. The molecule has 0 aromatic rings. The molecule has 1 fully saturated rings. The highest BCUT2D eigenvalue weighted by Gasteiger charge is 2.23. The third kappa shape index (κ3) is 3.06. The van der Waals surface area contributed by atoms with Crippen LogP contribution in [-0.4, -0.2) is 55.3 Å². The monoisotopic (exact) mass is 182 g/mol. The number of carbonyl (C=O) groups excluding carboxylic acids is 2. The molecule has 1 heterocycles. The summed E-state index contributed by atoms with van der Waals surface area (Å²) in [4.78, 5) is 23.0. The Bertz CT molecular complexity index is 222. The molecule has 1 aliphatic heterocycles. The predicted octanol–water partition coefficient (Wildman–Crippen LogP) is -1.54. The van der Waals surface area contributed by atoms with Gasteiger partial charge in [0.05, 0.1) is 12.6 Å². The van der Waals surface area contributed by atoms with E-state index in [1.165, 1.54) is 4.90 Å². The molecule has 2 amide bonds. The molecule has 0 saturated carbocycles. The second-order valence-corrected chi connectivity index (χ2v) is 3.00. The Balaban J connectivity index is 2.27. The van der Waals surface area contributed by atoms with Gasteiger partial charge in [-0.25, -0.2) is 0 Å². The summed E-state index contributed by atoms with van der Waals surface area (Å²) in [6.45, 7) is 0.793. The maximum absolute atomic E-state index is 11.2. The quantitative estimate of drug-likeness (QED) is 0.508. The molecule has 0 unspecified atom stereocenters. The lowest BCUT2D eigenvalue weighted by atomic mass is 10.1. The summed E-state index contributed by atoms with van der Waals surface area (Å²) in [6.07, 6.45) is 0.167. The van der Waals surface area contributed by atoms with E-state index in [-0.39, 0.29) is 12.5 Å². The van der Waals surface area contributed by atoms with Gasteiger partial charge in [0.1, 0.15) is 0 Å². The number of nitrogens with one attached hydrogen (secondary N) is 1. The van der Waals surface area contributed by atoms with E-state index in [2.05, 4.69) is 5.32 Å². The van der Waals surface area contributed by atoms with Crippen LogP contribution in [0.3, 0.4) is 0 Å². The Morgan fingerprint density at radius 2 is 2.31 bits per heavy atom. The number of β-amino-alcohol motifs (C(OH)–C–C–N with tert-alkyl or cyclic N) is 1. The number of aliphatic hydroxyl groups excluding tert-OH is 1. The molecule has 1 rings (SSSR count). The van der Waals surface area contributed by atoms with Crippen LogP contribution in [0.5, 0.6) is 0 Å². The zero-order valence-corrected chi connectivity index (χ0v) is 7.19. The Labute approximate surface area is 77.5 Å². The molecule has 5 nitrogen and oxygen atoms in total. The number of likely N-dealkylation sites (tertiary alicyclic amines) is 1. The highest BCUT2D eigenvalue weighted by molar-refractivity contribution is 6.57. The van der Waals surface area contributed by atoms with E-state index in [0.717, 1.165) is 0 Å². The minimum absolute atomic E-state index is 0.0952. The van der Waals surface area contributed by atoms with Crippen molar-refractivity contribution < 1.29 is 14.7 Å². The molecule has 2 N–H and O–H groups in total. The molecule has 0 aliphatic carbocycles. The first-order valence-electron chi connectivity index (χ1n) is 4.08. The summed E-state index contributed by atoms with van der Waals surface area (Å²) in [7, 11) is 4.80. The van der Waals surface area contributed by atoms with Crippen molar-refractivity contribution in [1.29, 1.82) is 0 Å². The molecule has 70 valence electrons. The van der Waals surface area contributed by atoms with Gasteiger partial charge < -0.3 is 15.3 Å². The molecule has 1 saturated heterocycles. The van der Waals surface area contributed by atoms with Gasteiger partial charge in [-0.05, 0) is 6.42 Å². The standard InChI is InChI=1S/C7H11BN2O3/c8-7(13)9-3-6(12)10-2-1-5(11)4-10/h5,11H,1-4H2,(H,9,13)/t5-/m1/s1. The van der Waals surface area contributed by atoms with Crippen LogP contribution in [-0.2, 0) is 4.79 Å². The van der Waals surface area contributed by atoms with Crippen molar-refractivity contribution in [3.8, 4) is 0 Å². The van der Waals surface area contributed by atoms with Gasteiger partial charge in [0.25, 0.3) is 0 Å². The molecule has 0 aromatic carbocycles. The number of nitrogens with zero attached hydrogens (tertiary/aromatic N) is 1. The lowest BCUT2D eigenvalue weighted by molar-refractivity contribution is -0.129. The highest BCUT2D eigenvalue weighted by atomic mass is 16.3. The van der Waals surface area contributed by atoms with E-state index in [1.807, 2.05) is 0 Å². The number of amides is 2. The minimum Gasteiger partial charge on any atom is -0.391 e. The topological polar surface area (TPSA) is 69.6 Å². The lowest BCUT2D eigenvalue weighted by Crippen LogP contribution is -2.39. The molecule has 6 heteroatoms. The lowest BCUT2D eigenvalue weighted by Gasteiger charge is -2.15. The van der Waals surface area contributed by atoms with Gasteiger partial charge in [-0.1, -0.05) is 0 Å². The Morgan fingerprint density at radius 1 is 1.62 bits per heavy atom. The van der Waals surface area contributed by atoms with Crippen LogP contribution >= 0.6 is 0 Å². The highest BCUT2D eigenvalue weighted by Crippen LogP contribution is 2.07. The largest absolute Gasteiger partial charge is 0.391 e. The number of hydrogen-bond acceptors (Lipinski definition) is 3. The van der Waals surface area contributed by atoms with Crippen LogP contribution in [0.15, 0.2) is 0 Å². The van der Waals surface area contributed by atoms with Crippen molar-refractivity contribution in [1.82, 2.24) is 10.2 Å². The molecule has 2 radical (unpaired) electrons. The fourth-order valence-electron chi connectivity index (χ4n) is 1.24. The number of rotatable bonds is 2. The van der Waals surface area contributed by atoms with Crippen LogP contribution in [0, 0.1) is 0 Å². The Morgan fingerprint density at radius 3 is 2.77 bits per heavy atom. The van der Waals surface area contributed by atoms with E-state index in [0.29, 0.717) is 19.5 Å². The second kappa shape index (κ2) is 4.27. The summed E-state index contributed by atoms with van der Waals surface area (Å²) < 4.78 is 0. The second-order valence-electron chi connectivity index (χ2n) is 3.00. The molecular weight excluding hydrogens is 171 g/mol. The first kappa shape index (κ1) is 10.0. The molecule has 1 aliphatic rings. The summed E-state index contributed by atoms with van der Waals surface area (Å²) >= 11 is 0. The normalized spacial score (nSPS) is 21.6. The van der Waals surface area contributed by atoms with Crippen LogP contribution in [0.1, 0.15) is 6.42 Å². The molecule has 0 spiro atoms. The number of carbonyl (C=O) groups is 2. The maximum Gasteiger partial charge on any atom is 0.242 e. The van der Waals surface area contributed by atoms with E-state index < -0.39 is 11.9 Å². The van der Waals surface area contributed by atoms with Crippen molar-refractivity contribution in [3.63, 3.8) is 0 Å². The first-order chi connectivity index (χ1) is 6.09. The van der Waals surface area contributed by atoms with Crippen LogP contribution in [0.25, 0.3) is 0 Å². The van der Waals surface area contributed by atoms with Crippen LogP contribution in [0.4, 0.5) is 4.79 Å². The smallest absolute Gasteiger partial charge is 0.242 e. The molecule has 0 bridgehead atoms. The third-order valence-corrected chi connectivity index (χ3v) is 1.93. The van der Waals surface area contributed by atoms with Crippen LogP contribution < -0.4 is 5.32 Å². The van der Waals surface area contributed by atoms with Crippen molar-refractivity contribution in [2.24, 2.45) is 0 Å². The van der Waals surface area contributed by atoms with Gasteiger partial charge in [0, 0.05) is 13.1 Å².